The predicted octanol–water partition coefficient (Wildman–Crippen LogP) is -0.130. The number of likely N-dealkylation sites (N-methyl/N-ethyl adjacent to an activating group) is 1. The molecule has 0 spiro atoms. The van der Waals surface area contributed by atoms with E-state index in [0.717, 1.165) is 5.06 Å². The van der Waals surface area contributed by atoms with Crippen LogP contribution in [0.25, 0.3) is 0 Å². The highest BCUT2D eigenvalue weighted by Crippen LogP contribution is 1.77. The van der Waals surface area contributed by atoms with E-state index in [1.165, 1.54) is 14.0 Å². The highest BCUT2D eigenvalue weighted by atomic mass is 16.5. The Morgan fingerprint density at radius 1 is 1.78 bits per heavy atom. The number of esters is 1. The first-order valence-corrected chi connectivity index (χ1v) is 2.66. The van der Waals surface area contributed by atoms with E-state index < -0.39 is 0 Å². The van der Waals surface area contributed by atoms with Gasteiger partial charge in [-0.05, 0) is 0 Å². The van der Waals surface area contributed by atoms with Crippen LogP contribution in [0, 0.1) is 0 Å². The summed E-state index contributed by atoms with van der Waals surface area (Å²) in [6, 6.07) is 0. The van der Waals surface area contributed by atoms with Gasteiger partial charge in [0.15, 0.2) is 0 Å². The predicted molar refractivity (Wildman–Crippen MR) is 31.0 cm³/mol. The highest BCUT2D eigenvalue weighted by molar-refractivity contribution is 5.65. The first-order valence-electron chi connectivity index (χ1n) is 2.66. The van der Waals surface area contributed by atoms with Crippen molar-refractivity contribution >= 4 is 5.97 Å². The van der Waals surface area contributed by atoms with Crippen molar-refractivity contribution in [3.63, 3.8) is 0 Å². The lowest BCUT2D eigenvalue weighted by Gasteiger charge is -2.06. The van der Waals surface area contributed by atoms with Crippen molar-refractivity contribution in [2.75, 3.05) is 20.2 Å². The van der Waals surface area contributed by atoms with E-state index in [0.29, 0.717) is 6.54 Å². The second-order valence-electron chi connectivity index (χ2n) is 1.72. The lowest BCUT2D eigenvalue weighted by atomic mass is 10.7. The summed E-state index contributed by atoms with van der Waals surface area (Å²) < 4.78 is 4.51. The Bertz CT molecular complexity index is 92.2. The zero-order valence-corrected chi connectivity index (χ0v) is 5.63. The minimum atomic E-state index is -0.322. The van der Waals surface area contributed by atoms with Crippen LogP contribution in [0.15, 0.2) is 0 Å². The summed E-state index contributed by atoms with van der Waals surface area (Å²) in [4.78, 5) is 10.1. The fraction of sp³-hybridized carbons (Fsp3) is 0.800. The molecule has 0 aromatic carbocycles. The maximum Gasteiger partial charge on any atom is 0.302 e. The van der Waals surface area contributed by atoms with Gasteiger partial charge in [0.1, 0.15) is 6.61 Å². The van der Waals surface area contributed by atoms with Gasteiger partial charge < -0.3 is 9.94 Å². The third kappa shape index (κ3) is 7.39. The van der Waals surface area contributed by atoms with Crippen LogP contribution in [0.4, 0.5) is 0 Å². The Kier molecular flexibility index (Phi) is 4.00. The summed E-state index contributed by atoms with van der Waals surface area (Å²) in [6.07, 6.45) is 0. The molecule has 4 nitrogen and oxygen atoms in total. The van der Waals surface area contributed by atoms with Crippen molar-refractivity contribution in [3.8, 4) is 0 Å². The lowest BCUT2D eigenvalue weighted by molar-refractivity contribution is -0.144. The van der Waals surface area contributed by atoms with Crippen molar-refractivity contribution in [2.24, 2.45) is 0 Å². The van der Waals surface area contributed by atoms with Crippen LogP contribution in [0.3, 0.4) is 0 Å². The third-order valence-electron chi connectivity index (χ3n) is 0.720. The van der Waals surface area contributed by atoms with Crippen molar-refractivity contribution in [1.82, 2.24) is 5.06 Å². The molecule has 0 amide bonds. The van der Waals surface area contributed by atoms with Crippen LogP contribution in [-0.4, -0.2) is 36.4 Å². The van der Waals surface area contributed by atoms with Gasteiger partial charge in [0.2, 0.25) is 0 Å². The van der Waals surface area contributed by atoms with E-state index in [-0.39, 0.29) is 12.6 Å². The Labute approximate surface area is 54.0 Å². The molecular formula is C5H11NO3. The second-order valence-corrected chi connectivity index (χ2v) is 1.72. The molecule has 0 radical (unpaired) electrons. The number of hydroxylamine groups is 2. The van der Waals surface area contributed by atoms with Gasteiger partial charge >= 0.3 is 5.97 Å². The van der Waals surface area contributed by atoms with E-state index in [2.05, 4.69) is 4.74 Å². The number of hydrogen-bond donors (Lipinski definition) is 1. The molecule has 0 rings (SSSR count). The molecule has 0 atom stereocenters. The molecular weight excluding hydrogens is 122 g/mol. The minimum Gasteiger partial charge on any atom is -0.464 e. The molecule has 4 heteroatoms. The molecule has 0 saturated carbocycles. The number of rotatable bonds is 3. The van der Waals surface area contributed by atoms with Crippen LogP contribution in [0.1, 0.15) is 6.92 Å². The van der Waals surface area contributed by atoms with Crippen molar-refractivity contribution < 1.29 is 14.7 Å². The van der Waals surface area contributed by atoms with E-state index in [4.69, 9.17) is 5.21 Å². The summed E-state index contributed by atoms with van der Waals surface area (Å²) in [6.45, 7) is 1.92. The molecule has 0 heterocycles. The highest BCUT2D eigenvalue weighted by Gasteiger charge is 1.93. The van der Waals surface area contributed by atoms with E-state index >= 15 is 0 Å². The Hall–Kier alpha value is -0.610. The minimum absolute atomic E-state index is 0.238. The van der Waals surface area contributed by atoms with Crippen LogP contribution in [-0.2, 0) is 9.53 Å². The van der Waals surface area contributed by atoms with Crippen LogP contribution < -0.4 is 0 Å². The van der Waals surface area contributed by atoms with Gasteiger partial charge in [0, 0.05) is 14.0 Å². The normalized spacial score (nSPS) is 9.78. The molecule has 0 fully saturated rings. The summed E-state index contributed by atoms with van der Waals surface area (Å²) in [5, 5.41) is 9.47. The maximum absolute atomic E-state index is 10.1. The summed E-state index contributed by atoms with van der Waals surface area (Å²) in [5.74, 6) is -0.322. The fourth-order valence-electron chi connectivity index (χ4n) is 0.321. The van der Waals surface area contributed by atoms with Gasteiger partial charge in [0.25, 0.3) is 0 Å². The van der Waals surface area contributed by atoms with Gasteiger partial charge in [-0.15, -0.1) is 0 Å². The quantitative estimate of drug-likeness (QED) is 0.430. The molecule has 0 aliphatic heterocycles. The van der Waals surface area contributed by atoms with Gasteiger partial charge in [0.05, 0.1) is 6.54 Å². The van der Waals surface area contributed by atoms with E-state index in [1.54, 1.807) is 0 Å². The Morgan fingerprint density at radius 2 is 2.33 bits per heavy atom. The SMILES string of the molecule is CC(=O)OCCN(C)O. The van der Waals surface area contributed by atoms with Crippen molar-refractivity contribution in [3.05, 3.63) is 0 Å². The molecule has 0 unspecified atom stereocenters. The van der Waals surface area contributed by atoms with Crippen molar-refractivity contribution in [1.29, 1.82) is 0 Å². The largest absolute Gasteiger partial charge is 0.464 e. The van der Waals surface area contributed by atoms with Crippen LogP contribution in [0.2, 0.25) is 0 Å². The van der Waals surface area contributed by atoms with Crippen molar-refractivity contribution in [2.45, 2.75) is 6.92 Å². The molecule has 1 N–H and O–H groups in total. The molecule has 0 aliphatic carbocycles. The molecule has 0 bridgehead atoms. The maximum atomic E-state index is 10.1. The standard InChI is InChI=1S/C5H11NO3/c1-5(7)9-4-3-6(2)8/h8H,3-4H2,1-2H3. The Morgan fingerprint density at radius 3 is 2.67 bits per heavy atom. The first kappa shape index (κ1) is 8.39. The monoisotopic (exact) mass is 133 g/mol. The van der Waals surface area contributed by atoms with Crippen LogP contribution >= 0.6 is 0 Å². The Balaban J connectivity index is 3.01. The summed E-state index contributed by atoms with van der Waals surface area (Å²) in [5.41, 5.74) is 0. The number of carbonyl (C=O) groups is 1. The smallest absolute Gasteiger partial charge is 0.302 e. The van der Waals surface area contributed by atoms with Crippen LogP contribution in [0.5, 0.6) is 0 Å². The molecule has 9 heavy (non-hydrogen) atoms. The molecule has 0 aliphatic rings. The van der Waals surface area contributed by atoms with E-state index in [1.807, 2.05) is 0 Å². The second kappa shape index (κ2) is 4.29. The molecule has 54 valence electrons. The zero-order chi connectivity index (χ0) is 7.28. The summed E-state index contributed by atoms with van der Waals surface area (Å²) >= 11 is 0. The average Bonchev–Trinajstić information content (AvgIpc) is 1.63. The average molecular weight is 133 g/mol. The van der Waals surface area contributed by atoms with Gasteiger partial charge in [-0.2, -0.15) is 5.06 Å². The fourth-order valence-corrected chi connectivity index (χ4v) is 0.321. The molecule has 0 saturated heterocycles. The van der Waals surface area contributed by atoms with E-state index in [9.17, 15) is 4.79 Å². The van der Waals surface area contributed by atoms with Gasteiger partial charge in [-0.3, -0.25) is 4.79 Å². The third-order valence-corrected chi connectivity index (χ3v) is 0.720. The molecule has 0 aromatic heterocycles. The van der Waals surface area contributed by atoms with Gasteiger partial charge in [-0.1, -0.05) is 0 Å². The summed E-state index contributed by atoms with van der Waals surface area (Å²) in [7, 11) is 1.49. The first-order chi connectivity index (χ1) is 4.13. The van der Waals surface area contributed by atoms with Gasteiger partial charge in [-0.25, -0.2) is 0 Å². The lowest BCUT2D eigenvalue weighted by Crippen LogP contribution is -2.19. The topological polar surface area (TPSA) is 49.8 Å². The number of nitrogens with zero attached hydrogens (tertiary/aromatic N) is 1. The zero-order valence-electron chi connectivity index (χ0n) is 5.63. The number of carbonyl (C=O) groups excluding carboxylic acids is 1. The molecule has 0 aromatic rings. The number of hydrogen-bond acceptors (Lipinski definition) is 4. The number of ether oxygens (including phenoxy) is 1.